The zero-order valence-electron chi connectivity index (χ0n) is 17.5. The summed E-state index contributed by atoms with van der Waals surface area (Å²) in [6.45, 7) is 5.24. The van der Waals surface area contributed by atoms with Crippen LogP contribution in [0.5, 0.6) is 0 Å². The summed E-state index contributed by atoms with van der Waals surface area (Å²) >= 11 is 0. The highest BCUT2D eigenvalue weighted by molar-refractivity contribution is 7.89. The van der Waals surface area contributed by atoms with Gasteiger partial charge in [-0.2, -0.15) is 4.72 Å². The summed E-state index contributed by atoms with van der Waals surface area (Å²) in [5.41, 5.74) is -0.907. The predicted octanol–water partition coefficient (Wildman–Crippen LogP) is 2.41. The highest BCUT2D eigenvalue weighted by Crippen LogP contribution is 2.28. The zero-order valence-corrected chi connectivity index (χ0v) is 18.3. The molecule has 1 aliphatic rings. The fraction of sp³-hybridized carbons (Fsp3) is 0.579. The summed E-state index contributed by atoms with van der Waals surface area (Å²) in [4.78, 5) is 33.5. The molecule has 0 spiro atoms. The van der Waals surface area contributed by atoms with Gasteiger partial charge >= 0.3 is 12.1 Å². The normalized spacial score (nSPS) is 20.5. The molecule has 0 unspecified atom stereocenters. The molecule has 0 aromatic heterocycles. The SMILES string of the molecule is CC(C)(C)OC(=O)NC1CCC([C@@H](NS(=O)(=O)c2ccc([N+](=O)[O-])cc2)C(=O)O)CC1. The van der Waals surface area contributed by atoms with Gasteiger partial charge in [-0.15, -0.1) is 0 Å². The van der Waals surface area contributed by atoms with Crippen molar-refractivity contribution in [1.29, 1.82) is 0 Å². The van der Waals surface area contributed by atoms with Crippen molar-refractivity contribution >= 4 is 27.8 Å². The molecule has 1 aromatic rings. The highest BCUT2D eigenvalue weighted by atomic mass is 32.2. The van der Waals surface area contributed by atoms with Crippen molar-refractivity contribution < 1.29 is 32.8 Å². The minimum absolute atomic E-state index is 0.188. The molecular formula is C19H27N3O8S. The maximum atomic E-state index is 12.6. The molecule has 0 bridgehead atoms. The average molecular weight is 458 g/mol. The fourth-order valence-corrected chi connectivity index (χ4v) is 4.66. The van der Waals surface area contributed by atoms with Gasteiger partial charge in [0.25, 0.3) is 5.69 Å². The molecule has 1 aromatic carbocycles. The van der Waals surface area contributed by atoms with Crippen LogP contribution in [-0.2, 0) is 19.6 Å². The molecule has 0 aliphatic heterocycles. The molecular weight excluding hydrogens is 430 g/mol. The Labute approximate surface area is 180 Å². The minimum atomic E-state index is -4.19. The lowest BCUT2D eigenvalue weighted by Gasteiger charge is -2.33. The highest BCUT2D eigenvalue weighted by Gasteiger charge is 2.36. The fourth-order valence-electron chi connectivity index (χ4n) is 3.40. The minimum Gasteiger partial charge on any atom is -0.480 e. The number of nitro benzene ring substituents is 1. The first kappa shape index (κ1) is 24.5. The summed E-state index contributed by atoms with van der Waals surface area (Å²) in [5, 5.41) is 23.1. The van der Waals surface area contributed by atoms with Gasteiger partial charge in [0.1, 0.15) is 11.6 Å². The molecule has 0 saturated heterocycles. The molecule has 172 valence electrons. The number of nitrogens with one attached hydrogen (secondary N) is 2. The van der Waals surface area contributed by atoms with Crippen LogP contribution in [0.25, 0.3) is 0 Å². The first-order valence-corrected chi connectivity index (χ1v) is 11.3. The van der Waals surface area contributed by atoms with Crippen molar-refractivity contribution in [2.45, 2.75) is 69.0 Å². The molecule has 0 heterocycles. The Morgan fingerprint density at radius 3 is 2.16 bits per heavy atom. The molecule has 1 aliphatic carbocycles. The maximum Gasteiger partial charge on any atom is 0.407 e. The van der Waals surface area contributed by atoms with Crippen molar-refractivity contribution in [3.63, 3.8) is 0 Å². The number of ether oxygens (including phenoxy) is 1. The number of non-ortho nitro benzene ring substituents is 1. The number of carboxylic acids is 1. The van der Waals surface area contributed by atoms with E-state index in [1.54, 1.807) is 20.8 Å². The monoisotopic (exact) mass is 457 g/mol. The number of amides is 1. The Bertz CT molecular complexity index is 916. The summed E-state index contributed by atoms with van der Waals surface area (Å²) in [7, 11) is -4.19. The zero-order chi connectivity index (χ0) is 23.4. The molecule has 0 radical (unpaired) electrons. The number of sulfonamides is 1. The summed E-state index contributed by atoms with van der Waals surface area (Å²) in [6, 6.07) is 2.65. The van der Waals surface area contributed by atoms with E-state index in [2.05, 4.69) is 10.0 Å². The number of carbonyl (C=O) groups is 2. The van der Waals surface area contributed by atoms with Crippen molar-refractivity contribution in [2.24, 2.45) is 5.92 Å². The standard InChI is InChI=1S/C19H27N3O8S/c1-19(2,3)30-18(25)20-13-6-4-12(5-7-13)16(17(23)24)21-31(28,29)15-10-8-14(9-11-15)22(26)27/h8-13,16,21H,4-7H2,1-3H3,(H,20,25)(H,23,24)/t12?,13?,16-/m1/s1. The van der Waals surface area contributed by atoms with Crippen LogP contribution in [0.1, 0.15) is 46.5 Å². The van der Waals surface area contributed by atoms with Crippen LogP contribution in [-0.4, -0.2) is 48.2 Å². The van der Waals surface area contributed by atoms with Crippen molar-refractivity contribution in [1.82, 2.24) is 10.0 Å². The number of carbonyl (C=O) groups excluding carboxylic acids is 1. The number of hydrogen-bond acceptors (Lipinski definition) is 7. The summed E-state index contributed by atoms with van der Waals surface area (Å²) < 4.78 is 32.6. The summed E-state index contributed by atoms with van der Waals surface area (Å²) in [5.74, 6) is -1.78. The van der Waals surface area contributed by atoms with Crippen LogP contribution in [0.3, 0.4) is 0 Å². The quantitative estimate of drug-likeness (QED) is 0.415. The molecule has 1 atom stereocenters. The Morgan fingerprint density at radius 2 is 1.71 bits per heavy atom. The van der Waals surface area contributed by atoms with E-state index in [9.17, 15) is 33.2 Å². The van der Waals surface area contributed by atoms with E-state index in [0.29, 0.717) is 25.7 Å². The second-order valence-corrected chi connectivity index (χ2v) is 10.2. The van der Waals surface area contributed by atoms with Crippen molar-refractivity contribution in [3.8, 4) is 0 Å². The van der Waals surface area contributed by atoms with Gasteiger partial charge < -0.3 is 15.2 Å². The van der Waals surface area contributed by atoms with E-state index < -0.39 is 44.6 Å². The van der Waals surface area contributed by atoms with Crippen LogP contribution in [0.15, 0.2) is 29.2 Å². The molecule has 12 heteroatoms. The smallest absolute Gasteiger partial charge is 0.407 e. The van der Waals surface area contributed by atoms with Crippen LogP contribution in [0.4, 0.5) is 10.5 Å². The molecule has 11 nitrogen and oxygen atoms in total. The largest absolute Gasteiger partial charge is 0.480 e. The molecule has 2 rings (SSSR count). The Balaban J connectivity index is 2.01. The van der Waals surface area contributed by atoms with Gasteiger partial charge in [-0.25, -0.2) is 13.2 Å². The topological polar surface area (TPSA) is 165 Å². The number of benzene rings is 1. The molecule has 3 N–H and O–H groups in total. The van der Waals surface area contributed by atoms with E-state index in [1.807, 2.05) is 0 Å². The van der Waals surface area contributed by atoms with Crippen molar-refractivity contribution in [3.05, 3.63) is 34.4 Å². The second-order valence-electron chi connectivity index (χ2n) is 8.45. The first-order valence-electron chi connectivity index (χ1n) is 9.77. The Hall–Kier alpha value is -2.73. The van der Waals surface area contributed by atoms with Gasteiger partial charge in [0.05, 0.1) is 9.82 Å². The van der Waals surface area contributed by atoms with Gasteiger partial charge in [0.15, 0.2) is 0 Å². The van der Waals surface area contributed by atoms with Crippen LogP contribution in [0.2, 0.25) is 0 Å². The van der Waals surface area contributed by atoms with Crippen LogP contribution in [0, 0.1) is 16.0 Å². The third-order valence-corrected chi connectivity index (χ3v) is 6.33. The predicted molar refractivity (Wildman–Crippen MR) is 110 cm³/mol. The van der Waals surface area contributed by atoms with E-state index in [1.165, 1.54) is 0 Å². The number of carboxylic acid groups (broad SMARTS) is 1. The third kappa shape index (κ3) is 7.17. The van der Waals surface area contributed by atoms with Gasteiger partial charge in [0, 0.05) is 18.2 Å². The average Bonchev–Trinajstić information content (AvgIpc) is 2.65. The van der Waals surface area contributed by atoms with E-state index >= 15 is 0 Å². The molecule has 1 saturated carbocycles. The lowest BCUT2D eigenvalue weighted by molar-refractivity contribution is -0.384. The second kappa shape index (κ2) is 9.60. The molecule has 1 amide bonds. The number of hydrogen-bond donors (Lipinski definition) is 3. The number of aliphatic carboxylic acids is 1. The molecule has 1 fully saturated rings. The summed E-state index contributed by atoms with van der Waals surface area (Å²) in [6.07, 6.45) is 1.19. The van der Waals surface area contributed by atoms with Gasteiger partial charge in [-0.3, -0.25) is 14.9 Å². The Morgan fingerprint density at radius 1 is 1.16 bits per heavy atom. The number of nitrogens with zero attached hydrogens (tertiary/aromatic N) is 1. The van der Waals surface area contributed by atoms with E-state index in [-0.39, 0.29) is 16.6 Å². The van der Waals surface area contributed by atoms with Gasteiger partial charge in [-0.1, -0.05) is 0 Å². The first-order chi connectivity index (χ1) is 14.3. The molecule has 31 heavy (non-hydrogen) atoms. The van der Waals surface area contributed by atoms with E-state index in [4.69, 9.17) is 4.74 Å². The van der Waals surface area contributed by atoms with Crippen molar-refractivity contribution in [2.75, 3.05) is 0 Å². The van der Waals surface area contributed by atoms with Gasteiger partial charge in [-0.05, 0) is 64.5 Å². The van der Waals surface area contributed by atoms with Gasteiger partial charge in [0.2, 0.25) is 10.0 Å². The number of nitro groups is 1. The number of rotatable bonds is 7. The Kier molecular flexibility index (Phi) is 7.60. The third-order valence-electron chi connectivity index (χ3n) is 4.87. The maximum absolute atomic E-state index is 12.6. The number of alkyl carbamates (subject to hydrolysis) is 1. The van der Waals surface area contributed by atoms with E-state index in [0.717, 1.165) is 24.3 Å². The lowest BCUT2D eigenvalue weighted by atomic mass is 9.82. The van der Waals surface area contributed by atoms with Crippen LogP contribution < -0.4 is 10.0 Å². The lowest BCUT2D eigenvalue weighted by Crippen LogP contribution is -2.48. The van der Waals surface area contributed by atoms with Crippen LogP contribution >= 0.6 is 0 Å².